The first-order valence-corrected chi connectivity index (χ1v) is 15.6. The Balaban J connectivity index is 1.11. The third-order valence-electron chi connectivity index (χ3n) is 9.32. The monoisotopic (exact) mass is 627 g/mol. The number of amides is 1. The largest absolute Gasteiger partial charge is 0.437 e. The van der Waals surface area contributed by atoms with E-state index in [0.717, 1.165) is 11.3 Å². The number of anilines is 1. The summed E-state index contributed by atoms with van der Waals surface area (Å²) in [7, 11) is 0. The second-order valence-corrected chi connectivity index (χ2v) is 12.6. The van der Waals surface area contributed by atoms with Gasteiger partial charge in [0.25, 0.3) is 5.56 Å². The van der Waals surface area contributed by atoms with Crippen molar-refractivity contribution in [2.75, 3.05) is 18.8 Å². The molecule has 2 fully saturated rings. The molecule has 3 atom stereocenters. The van der Waals surface area contributed by atoms with Crippen molar-refractivity contribution in [1.82, 2.24) is 19.4 Å². The number of hydrogen-bond acceptors (Lipinski definition) is 8. The number of halogens is 1. The van der Waals surface area contributed by atoms with E-state index in [0.29, 0.717) is 38.8 Å². The number of aromatic nitrogens is 3. The minimum absolute atomic E-state index is 0.0150. The zero-order chi connectivity index (χ0) is 32.3. The van der Waals surface area contributed by atoms with Crippen molar-refractivity contribution in [2.24, 2.45) is 5.92 Å². The molecule has 2 aliphatic rings. The van der Waals surface area contributed by atoms with Crippen LogP contribution in [-0.2, 0) is 17.8 Å². The van der Waals surface area contributed by atoms with Gasteiger partial charge < -0.3 is 25.6 Å². The van der Waals surface area contributed by atoms with Crippen molar-refractivity contribution >= 4 is 11.6 Å². The molecule has 1 saturated carbocycles. The topological polar surface area (TPSA) is 144 Å². The first kappa shape index (κ1) is 31.4. The first-order chi connectivity index (χ1) is 22.1. The fraction of sp³-hybridized carbons (Fsp3) is 0.371. The van der Waals surface area contributed by atoms with Crippen LogP contribution in [0.1, 0.15) is 49.3 Å². The Morgan fingerprint density at radius 3 is 2.37 bits per heavy atom. The molecule has 4 aromatic rings. The van der Waals surface area contributed by atoms with Crippen molar-refractivity contribution in [3.8, 4) is 11.6 Å². The number of nitrogen functional groups attached to an aromatic ring is 1. The molecule has 0 unspecified atom stereocenters. The number of likely N-dealkylation sites (tertiary alicyclic amines) is 1. The molecule has 6 rings (SSSR count). The number of pyridine rings is 1. The van der Waals surface area contributed by atoms with Gasteiger partial charge in [0.05, 0.1) is 17.7 Å². The van der Waals surface area contributed by atoms with Crippen molar-refractivity contribution in [1.29, 1.82) is 0 Å². The lowest BCUT2D eigenvalue weighted by atomic mass is 9.67. The molecule has 1 aliphatic heterocycles. The van der Waals surface area contributed by atoms with Crippen LogP contribution in [0.15, 0.2) is 90.1 Å². The number of benzene rings is 2. The zero-order valence-corrected chi connectivity index (χ0v) is 25.5. The van der Waals surface area contributed by atoms with Gasteiger partial charge in [-0.05, 0) is 80.0 Å². The Labute approximate surface area is 266 Å². The van der Waals surface area contributed by atoms with Crippen molar-refractivity contribution < 1.29 is 24.1 Å². The summed E-state index contributed by atoms with van der Waals surface area (Å²) in [5.41, 5.74) is 4.85. The zero-order valence-electron chi connectivity index (χ0n) is 25.5. The highest BCUT2D eigenvalue weighted by Crippen LogP contribution is 2.45. The summed E-state index contributed by atoms with van der Waals surface area (Å²) < 4.78 is 20.0. The second kappa shape index (κ2) is 13.0. The SMILES string of the molecule is Nc1c(Oc2ccc(F)cc2)ncn(CC2(O)CCN(C(=O)[C@@H]3CC[C@@](O)(Cc4ccccn4)C[C@H]3c3ccccc3)CC2)c1=O. The molecular formula is C35H38FN5O5. The van der Waals surface area contributed by atoms with E-state index in [1.807, 2.05) is 48.5 Å². The Morgan fingerprint density at radius 1 is 0.957 bits per heavy atom. The van der Waals surface area contributed by atoms with Gasteiger partial charge >= 0.3 is 0 Å². The molecule has 1 saturated heterocycles. The molecule has 10 nitrogen and oxygen atoms in total. The third-order valence-corrected chi connectivity index (χ3v) is 9.32. The van der Waals surface area contributed by atoms with Gasteiger partial charge in [-0.15, -0.1) is 0 Å². The molecule has 46 heavy (non-hydrogen) atoms. The summed E-state index contributed by atoms with van der Waals surface area (Å²) in [6.45, 7) is 0.614. The van der Waals surface area contributed by atoms with Crippen LogP contribution in [0.5, 0.6) is 11.6 Å². The van der Waals surface area contributed by atoms with Crippen LogP contribution in [-0.4, -0.2) is 59.8 Å². The van der Waals surface area contributed by atoms with E-state index < -0.39 is 22.6 Å². The van der Waals surface area contributed by atoms with Crippen LogP contribution in [0.3, 0.4) is 0 Å². The lowest BCUT2D eigenvalue weighted by Crippen LogP contribution is -2.52. The number of ether oxygens (including phenoxy) is 1. The van der Waals surface area contributed by atoms with E-state index in [4.69, 9.17) is 10.5 Å². The first-order valence-electron chi connectivity index (χ1n) is 15.6. The highest BCUT2D eigenvalue weighted by atomic mass is 19.1. The van der Waals surface area contributed by atoms with Gasteiger partial charge in [-0.2, -0.15) is 0 Å². The molecular weight excluding hydrogens is 589 g/mol. The molecule has 4 N–H and O–H groups in total. The molecule has 11 heteroatoms. The maximum atomic E-state index is 14.0. The molecule has 2 aromatic carbocycles. The Morgan fingerprint density at radius 2 is 1.67 bits per heavy atom. The predicted molar refractivity (Wildman–Crippen MR) is 170 cm³/mol. The Hall–Kier alpha value is -4.61. The number of hydrogen-bond donors (Lipinski definition) is 3. The van der Waals surface area contributed by atoms with Crippen LogP contribution in [0.4, 0.5) is 10.1 Å². The summed E-state index contributed by atoms with van der Waals surface area (Å²) in [5.74, 6) is -0.714. The van der Waals surface area contributed by atoms with E-state index in [1.165, 1.54) is 35.2 Å². The highest BCUT2D eigenvalue weighted by molar-refractivity contribution is 5.80. The standard InChI is InChI=1S/C35H38FN5O5/c36-25-9-11-27(12-10-25)46-31-30(37)33(43)41(23-39-31)22-34(44)15-18-40(19-16-34)32(42)28-13-14-35(45,20-26-8-4-5-17-38-26)21-29(28)24-6-2-1-3-7-24/h1-12,17,23,28-29,44-45H,13-16,18-22,37H2/t28-,29+,35-/m1/s1. The lowest BCUT2D eigenvalue weighted by Gasteiger charge is -2.44. The fourth-order valence-electron chi connectivity index (χ4n) is 6.78. The number of nitrogens with zero attached hydrogens (tertiary/aromatic N) is 4. The van der Waals surface area contributed by atoms with Crippen LogP contribution in [0, 0.1) is 11.7 Å². The minimum atomic E-state index is -1.25. The maximum Gasteiger partial charge on any atom is 0.280 e. The molecule has 1 amide bonds. The van der Waals surface area contributed by atoms with E-state index in [9.17, 15) is 24.2 Å². The molecule has 0 bridgehead atoms. The van der Waals surface area contributed by atoms with Crippen LogP contribution >= 0.6 is 0 Å². The van der Waals surface area contributed by atoms with E-state index in [2.05, 4.69) is 9.97 Å². The van der Waals surface area contributed by atoms with Crippen molar-refractivity contribution in [2.45, 2.75) is 62.2 Å². The summed E-state index contributed by atoms with van der Waals surface area (Å²) in [6, 6.07) is 20.8. The van der Waals surface area contributed by atoms with Gasteiger partial charge in [0.15, 0.2) is 5.69 Å². The highest BCUT2D eigenvalue weighted by Gasteiger charge is 2.45. The number of nitrogens with two attached hydrogens (primary N) is 1. The number of carbonyl (C=O) groups is 1. The van der Waals surface area contributed by atoms with Crippen LogP contribution in [0.2, 0.25) is 0 Å². The average molecular weight is 628 g/mol. The lowest BCUT2D eigenvalue weighted by molar-refractivity contribution is -0.144. The second-order valence-electron chi connectivity index (χ2n) is 12.6. The number of aliphatic hydroxyl groups is 2. The van der Waals surface area contributed by atoms with Crippen molar-refractivity contribution in [3.05, 3.63) is 113 Å². The Bertz CT molecular complexity index is 1710. The summed E-state index contributed by atoms with van der Waals surface area (Å²) in [6.07, 6.45) is 5.42. The average Bonchev–Trinajstić information content (AvgIpc) is 3.06. The van der Waals surface area contributed by atoms with Gasteiger partial charge in [0.2, 0.25) is 11.8 Å². The van der Waals surface area contributed by atoms with Gasteiger partial charge in [-0.1, -0.05) is 36.4 Å². The molecule has 3 heterocycles. The van der Waals surface area contributed by atoms with Gasteiger partial charge in [0, 0.05) is 37.3 Å². The van der Waals surface area contributed by atoms with Crippen LogP contribution < -0.4 is 16.0 Å². The smallest absolute Gasteiger partial charge is 0.280 e. The molecule has 0 spiro atoms. The normalized spacial score (nSPS) is 22.7. The molecule has 0 radical (unpaired) electrons. The number of rotatable bonds is 8. The van der Waals surface area contributed by atoms with Crippen molar-refractivity contribution in [3.63, 3.8) is 0 Å². The summed E-state index contributed by atoms with van der Waals surface area (Å²) in [5, 5.41) is 23.1. The van der Waals surface area contributed by atoms with E-state index in [1.54, 1.807) is 11.1 Å². The van der Waals surface area contributed by atoms with E-state index in [-0.39, 0.29) is 54.4 Å². The van der Waals surface area contributed by atoms with Crippen LogP contribution in [0.25, 0.3) is 0 Å². The quantitative estimate of drug-likeness (QED) is 0.265. The summed E-state index contributed by atoms with van der Waals surface area (Å²) in [4.78, 5) is 37.4. The predicted octanol–water partition coefficient (Wildman–Crippen LogP) is 4.06. The Kier molecular flexibility index (Phi) is 8.88. The maximum absolute atomic E-state index is 14.0. The number of piperidine rings is 1. The fourth-order valence-corrected chi connectivity index (χ4v) is 6.78. The molecule has 240 valence electrons. The number of carbonyl (C=O) groups excluding carboxylic acids is 1. The molecule has 1 aliphatic carbocycles. The molecule has 2 aromatic heterocycles. The van der Waals surface area contributed by atoms with Gasteiger partial charge in [-0.25, -0.2) is 9.37 Å². The van der Waals surface area contributed by atoms with Gasteiger partial charge in [-0.3, -0.25) is 19.1 Å². The van der Waals surface area contributed by atoms with E-state index >= 15 is 0 Å². The minimum Gasteiger partial charge on any atom is -0.437 e. The third kappa shape index (κ3) is 6.95. The summed E-state index contributed by atoms with van der Waals surface area (Å²) >= 11 is 0. The van der Waals surface area contributed by atoms with Gasteiger partial charge in [0.1, 0.15) is 17.9 Å².